The average molecular weight is 265 g/mol. The SMILES string of the molecule is COCCC(C)(O)CNC(=O)CCc1ccccc1. The molecule has 0 saturated carbocycles. The fourth-order valence-corrected chi connectivity index (χ4v) is 1.69. The number of amides is 1. The molecule has 0 radical (unpaired) electrons. The van der Waals surface area contributed by atoms with Crippen LogP contribution < -0.4 is 5.32 Å². The molecule has 0 aromatic heterocycles. The summed E-state index contributed by atoms with van der Waals surface area (Å²) in [6.07, 6.45) is 1.65. The molecule has 0 aliphatic carbocycles. The van der Waals surface area contributed by atoms with Crippen molar-refractivity contribution in [2.75, 3.05) is 20.3 Å². The van der Waals surface area contributed by atoms with E-state index in [4.69, 9.17) is 4.74 Å². The van der Waals surface area contributed by atoms with Crippen molar-refractivity contribution in [2.24, 2.45) is 0 Å². The molecule has 0 bridgehead atoms. The second-order valence-corrected chi connectivity index (χ2v) is 5.00. The molecule has 0 spiro atoms. The van der Waals surface area contributed by atoms with Gasteiger partial charge in [-0.15, -0.1) is 0 Å². The van der Waals surface area contributed by atoms with Gasteiger partial charge in [0.25, 0.3) is 0 Å². The van der Waals surface area contributed by atoms with Crippen LogP contribution >= 0.6 is 0 Å². The average Bonchev–Trinajstić information content (AvgIpc) is 2.42. The summed E-state index contributed by atoms with van der Waals surface area (Å²) in [5.74, 6) is -0.0402. The Kier molecular flexibility index (Phi) is 6.53. The number of carbonyl (C=O) groups excluding carboxylic acids is 1. The van der Waals surface area contributed by atoms with E-state index in [1.165, 1.54) is 0 Å². The molecule has 1 aromatic carbocycles. The summed E-state index contributed by atoms with van der Waals surface area (Å²) < 4.78 is 4.92. The van der Waals surface area contributed by atoms with Crippen molar-refractivity contribution in [2.45, 2.75) is 31.8 Å². The van der Waals surface area contributed by atoms with Crippen LogP contribution in [0.15, 0.2) is 30.3 Å². The van der Waals surface area contributed by atoms with Crippen molar-refractivity contribution >= 4 is 5.91 Å². The number of ether oxygens (including phenoxy) is 1. The van der Waals surface area contributed by atoms with Gasteiger partial charge in [0.2, 0.25) is 5.91 Å². The minimum atomic E-state index is -0.918. The fourth-order valence-electron chi connectivity index (χ4n) is 1.69. The third kappa shape index (κ3) is 6.94. The molecule has 0 saturated heterocycles. The van der Waals surface area contributed by atoms with Gasteiger partial charge in [-0.25, -0.2) is 0 Å². The maximum Gasteiger partial charge on any atom is 0.220 e. The number of aliphatic hydroxyl groups is 1. The van der Waals surface area contributed by atoms with Crippen molar-refractivity contribution in [3.8, 4) is 0 Å². The topological polar surface area (TPSA) is 58.6 Å². The van der Waals surface area contributed by atoms with Crippen molar-refractivity contribution < 1.29 is 14.6 Å². The molecule has 1 amide bonds. The molecule has 1 atom stereocenters. The maximum atomic E-state index is 11.7. The lowest BCUT2D eigenvalue weighted by Crippen LogP contribution is -2.41. The first-order valence-corrected chi connectivity index (χ1v) is 6.55. The molecule has 4 nitrogen and oxygen atoms in total. The standard InChI is InChI=1S/C15H23NO3/c1-15(18,10-11-19-2)12-16-14(17)9-8-13-6-4-3-5-7-13/h3-7,18H,8-12H2,1-2H3,(H,16,17). The zero-order chi connectivity index (χ0) is 14.1. The largest absolute Gasteiger partial charge is 0.388 e. The highest BCUT2D eigenvalue weighted by atomic mass is 16.5. The van der Waals surface area contributed by atoms with E-state index in [0.717, 1.165) is 5.56 Å². The zero-order valence-corrected chi connectivity index (χ0v) is 11.7. The Bertz CT molecular complexity index is 376. The monoisotopic (exact) mass is 265 g/mol. The first-order chi connectivity index (χ1) is 9.03. The lowest BCUT2D eigenvalue weighted by Gasteiger charge is -2.23. The van der Waals surface area contributed by atoms with E-state index in [-0.39, 0.29) is 12.5 Å². The van der Waals surface area contributed by atoms with E-state index < -0.39 is 5.60 Å². The van der Waals surface area contributed by atoms with Crippen LogP contribution in [0.4, 0.5) is 0 Å². The minimum absolute atomic E-state index is 0.0402. The molecule has 1 rings (SSSR count). The van der Waals surface area contributed by atoms with E-state index in [9.17, 15) is 9.90 Å². The molecule has 2 N–H and O–H groups in total. The Morgan fingerprint density at radius 2 is 2.05 bits per heavy atom. The van der Waals surface area contributed by atoms with Gasteiger partial charge in [0.05, 0.1) is 5.60 Å². The Morgan fingerprint density at radius 1 is 1.37 bits per heavy atom. The first kappa shape index (κ1) is 15.7. The van der Waals surface area contributed by atoms with Gasteiger partial charge in [0.15, 0.2) is 0 Å². The molecule has 0 heterocycles. The van der Waals surface area contributed by atoms with Gasteiger partial charge in [-0.1, -0.05) is 30.3 Å². The molecule has 4 heteroatoms. The van der Waals surface area contributed by atoms with Crippen molar-refractivity contribution in [1.82, 2.24) is 5.32 Å². The van der Waals surface area contributed by atoms with Gasteiger partial charge >= 0.3 is 0 Å². The second kappa shape index (κ2) is 7.92. The number of methoxy groups -OCH3 is 1. The van der Waals surface area contributed by atoms with Crippen molar-refractivity contribution in [3.05, 3.63) is 35.9 Å². The van der Waals surface area contributed by atoms with Gasteiger partial charge in [-0.2, -0.15) is 0 Å². The van der Waals surface area contributed by atoms with Gasteiger partial charge < -0.3 is 15.2 Å². The molecular formula is C15H23NO3. The van der Waals surface area contributed by atoms with Gasteiger partial charge in [0, 0.05) is 33.1 Å². The van der Waals surface area contributed by atoms with Gasteiger partial charge in [-0.3, -0.25) is 4.79 Å². The number of rotatable bonds is 8. The van der Waals surface area contributed by atoms with Crippen LogP contribution in [0.3, 0.4) is 0 Å². The quantitative estimate of drug-likeness (QED) is 0.749. The van der Waals surface area contributed by atoms with Crippen LogP contribution in [0.1, 0.15) is 25.3 Å². The second-order valence-electron chi connectivity index (χ2n) is 5.00. The number of nitrogens with one attached hydrogen (secondary N) is 1. The number of benzene rings is 1. The smallest absolute Gasteiger partial charge is 0.220 e. The van der Waals surface area contributed by atoms with Gasteiger partial charge in [0.1, 0.15) is 0 Å². The van der Waals surface area contributed by atoms with E-state index >= 15 is 0 Å². The van der Waals surface area contributed by atoms with E-state index in [0.29, 0.717) is 25.9 Å². The minimum Gasteiger partial charge on any atom is -0.388 e. The van der Waals surface area contributed by atoms with Crippen LogP contribution in [0.2, 0.25) is 0 Å². The highest BCUT2D eigenvalue weighted by Gasteiger charge is 2.20. The fraction of sp³-hybridized carbons (Fsp3) is 0.533. The highest BCUT2D eigenvalue weighted by Crippen LogP contribution is 2.08. The summed E-state index contributed by atoms with van der Waals surface area (Å²) in [6, 6.07) is 9.88. The Morgan fingerprint density at radius 3 is 2.68 bits per heavy atom. The summed E-state index contributed by atoms with van der Waals surface area (Å²) >= 11 is 0. The molecule has 0 fully saturated rings. The Balaban J connectivity index is 2.24. The van der Waals surface area contributed by atoms with Crippen molar-refractivity contribution in [3.63, 3.8) is 0 Å². The maximum absolute atomic E-state index is 11.7. The zero-order valence-electron chi connectivity index (χ0n) is 11.7. The predicted octanol–water partition coefficient (Wildman–Crippen LogP) is 1.52. The van der Waals surface area contributed by atoms with E-state index in [1.807, 2.05) is 30.3 Å². The van der Waals surface area contributed by atoms with Crippen LogP contribution in [0.5, 0.6) is 0 Å². The molecule has 1 unspecified atom stereocenters. The van der Waals surface area contributed by atoms with E-state index in [2.05, 4.69) is 5.32 Å². The lowest BCUT2D eigenvalue weighted by atomic mass is 10.0. The Hall–Kier alpha value is -1.39. The summed E-state index contributed by atoms with van der Waals surface area (Å²) in [7, 11) is 1.59. The molecule has 19 heavy (non-hydrogen) atoms. The summed E-state index contributed by atoms with van der Waals surface area (Å²) in [5, 5.41) is 12.7. The number of carbonyl (C=O) groups is 1. The first-order valence-electron chi connectivity index (χ1n) is 6.55. The number of hydrogen-bond acceptors (Lipinski definition) is 3. The lowest BCUT2D eigenvalue weighted by molar-refractivity contribution is -0.122. The molecule has 0 aliphatic heterocycles. The van der Waals surface area contributed by atoms with Crippen molar-refractivity contribution in [1.29, 1.82) is 0 Å². The number of hydrogen-bond donors (Lipinski definition) is 2. The molecule has 0 aliphatic rings. The molecular weight excluding hydrogens is 242 g/mol. The van der Waals surface area contributed by atoms with Crippen LogP contribution in [0.25, 0.3) is 0 Å². The predicted molar refractivity (Wildman–Crippen MR) is 74.9 cm³/mol. The summed E-state index contributed by atoms with van der Waals surface area (Å²) in [6.45, 7) is 2.43. The summed E-state index contributed by atoms with van der Waals surface area (Å²) in [4.78, 5) is 11.7. The third-order valence-electron chi connectivity index (χ3n) is 2.99. The third-order valence-corrected chi connectivity index (χ3v) is 2.99. The molecule has 1 aromatic rings. The van der Waals surface area contributed by atoms with Crippen LogP contribution in [-0.2, 0) is 16.0 Å². The van der Waals surface area contributed by atoms with Gasteiger partial charge in [-0.05, 0) is 18.9 Å². The van der Waals surface area contributed by atoms with Crippen LogP contribution in [0, 0.1) is 0 Å². The van der Waals surface area contributed by atoms with E-state index in [1.54, 1.807) is 14.0 Å². The normalized spacial score (nSPS) is 13.8. The van der Waals surface area contributed by atoms with Crippen LogP contribution in [-0.4, -0.2) is 36.9 Å². The Labute approximate surface area is 114 Å². The highest BCUT2D eigenvalue weighted by molar-refractivity contribution is 5.76. The molecule has 106 valence electrons. The number of aryl methyl sites for hydroxylation is 1. The summed E-state index contributed by atoms with van der Waals surface area (Å²) in [5.41, 5.74) is 0.224.